The minimum absolute atomic E-state index is 0.146. The van der Waals surface area contributed by atoms with Gasteiger partial charge in [-0.15, -0.1) is 0 Å². The van der Waals surface area contributed by atoms with Crippen LogP contribution in [0.15, 0.2) is 53.0 Å². The average molecular weight is 512 g/mol. The number of rotatable bonds is 9. The fourth-order valence-corrected chi connectivity index (χ4v) is 4.28. The first kappa shape index (κ1) is 24.7. The van der Waals surface area contributed by atoms with Crippen LogP contribution in [-0.4, -0.2) is 58.1 Å². The highest BCUT2D eigenvalue weighted by Gasteiger charge is 2.29. The lowest BCUT2D eigenvalue weighted by molar-refractivity contribution is -0.139. The van der Waals surface area contributed by atoms with Gasteiger partial charge in [-0.2, -0.15) is 0 Å². The van der Waals surface area contributed by atoms with Crippen LogP contribution in [0.5, 0.6) is 5.75 Å². The number of halogens is 1. The molecule has 0 unspecified atom stereocenters. The number of ether oxygens (including phenoxy) is 1. The molecule has 0 fully saturated rings. The SMILES string of the molecule is CNC(=O)[C@H](C)N(Cc1cccc(Br)c1)C(=O)CN(c1ccc(OC)cc1)S(C)(=O)=O. The number of hydrogen-bond donors (Lipinski definition) is 1. The van der Waals surface area contributed by atoms with Crippen molar-refractivity contribution < 1.29 is 22.7 Å². The molecule has 1 atom stereocenters. The summed E-state index contributed by atoms with van der Waals surface area (Å²) in [6, 6.07) is 12.9. The molecule has 2 rings (SSSR count). The summed E-state index contributed by atoms with van der Waals surface area (Å²) in [5.41, 5.74) is 1.13. The van der Waals surface area contributed by atoms with Crippen LogP contribution in [-0.2, 0) is 26.2 Å². The second-order valence-electron chi connectivity index (χ2n) is 6.91. The second kappa shape index (κ2) is 10.6. The van der Waals surface area contributed by atoms with E-state index in [1.165, 1.54) is 19.1 Å². The zero-order valence-corrected chi connectivity index (χ0v) is 20.2. The standard InChI is InChI=1S/C21H26BrN3O5S/c1-15(21(27)23-2)24(13-16-6-5-7-17(22)12-16)20(26)14-25(31(4,28)29)18-8-10-19(30-3)11-9-18/h5-12,15H,13-14H2,1-4H3,(H,23,27)/t15-/m0/s1. The zero-order valence-electron chi connectivity index (χ0n) is 17.8. The Kier molecular flexibility index (Phi) is 8.46. The number of carbonyl (C=O) groups excluding carboxylic acids is 2. The van der Waals surface area contributed by atoms with Gasteiger partial charge >= 0.3 is 0 Å². The van der Waals surface area contributed by atoms with Gasteiger partial charge in [0.2, 0.25) is 21.8 Å². The van der Waals surface area contributed by atoms with Crippen LogP contribution in [0.3, 0.4) is 0 Å². The number of likely N-dealkylation sites (N-methyl/N-ethyl adjacent to an activating group) is 1. The number of nitrogens with one attached hydrogen (secondary N) is 1. The van der Waals surface area contributed by atoms with E-state index >= 15 is 0 Å². The third kappa shape index (κ3) is 6.70. The summed E-state index contributed by atoms with van der Waals surface area (Å²) in [6.45, 7) is 1.31. The van der Waals surface area contributed by atoms with Crippen molar-refractivity contribution >= 4 is 43.5 Å². The largest absolute Gasteiger partial charge is 0.497 e. The summed E-state index contributed by atoms with van der Waals surface area (Å²) in [5.74, 6) is -0.288. The van der Waals surface area contributed by atoms with Crippen molar-refractivity contribution in [1.29, 1.82) is 0 Å². The highest BCUT2D eigenvalue weighted by molar-refractivity contribution is 9.10. The van der Waals surface area contributed by atoms with Crippen LogP contribution in [0.2, 0.25) is 0 Å². The molecule has 0 aliphatic heterocycles. The summed E-state index contributed by atoms with van der Waals surface area (Å²) in [6.07, 6.45) is 1.03. The maximum absolute atomic E-state index is 13.3. The molecule has 2 amide bonds. The van der Waals surface area contributed by atoms with Gasteiger partial charge in [-0.1, -0.05) is 28.1 Å². The molecule has 10 heteroatoms. The third-order valence-electron chi connectivity index (χ3n) is 4.70. The number of hydrogen-bond acceptors (Lipinski definition) is 5. The lowest BCUT2D eigenvalue weighted by Crippen LogP contribution is -2.50. The third-order valence-corrected chi connectivity index (χ3v) is 6.33. The molecule has 2 aromatic carbocycles. The maximum Gasteiger partial charge on any atom is 0.244 e. The van der Waals surface area contributed by atoms with Crippen LogP contribution in [0.25, 0.3) is 0 Å². The van der Waals surface area contributed by atoms with E-state index in [2.05, 4.69) is 21.2 Å². The number of methoxy groups -OCH3 is 1. The first-order chi connectivity index (χ1) is 14.6. The molecule has 0 radical (unpaired) electrons. The lowest BCUT2D eigenvalue weighted by Gasteiger charge is -2.31. The van der Waals surface area contributed by atoms with E-state index in [0.717, 1.165) is 20.6 Å². The van der Waals surface area contributed by atoms with E-state index in [4.69, 9.17) is 4.74 Å². The van der Waals surface area contributed by atoms with Crippen LogP contribution in [0, 0.1) is 0 Å². The molecule has 31 heavy (non-hydrogen) atoms. The summed E-state index contributed by atoms with van der Waals surface area (Å²) in [5, 5.41) is 2.54. The van der Waals surface area contributed by atoms with E-state index in [1.54, 1.807) is 31.2 Å². The van der Waals surface area contributed by atoms with Gasteiger partial charge in [0, 0.05) is 18.1 Å². The number of amides is 2. The quantitative estimate of drug-likeness (QED) is 0.557. The van der Waals surface area contributed by atoms with Gasteiger partial charge in [0.15, 0.2) is 0 Å². The Morgan fingerprint density at radius 2 is 1.81 bits per heavy atom. The Balaban J connectivity index is 2.36. The van der Waals surface area contributed by atoms with E-state index in [1.807, 2.05) is 24.3 Å². The van der Waals surface area contributed by atoms with E-state index in [0.29, 0.717) is 11.4 Å². The maximum atomic E-state index is 13.3. The number of benzene rings is 2. The fourth-order valence-electron chi connectivity index (χ4n) is 2.99. The number of carbonyl (C=O) groups is 2. The fraction of sp³-hybridized carbons (Fsp3) is 0.333. The molecule has 0 bridgehead atoms. The Bertz CT molecular complexity index is 1030. The Hall–Kier alpha value is -2.59. The van der Waals surface area contributed by atoms with Gasteiger partial charge in [0.1, 0.15) is 18.3 Å². The van der Waals surface area contributed by atoms with Crippen LogP contribution in [0.4, 0.5) is 5.69 Å². The van der Waals surface area contributed by atoms with Crippen LogP contribution >= 0.6 is 15.9 Å². The van der Waals surface area contributed by atoms with E-state index < -0.39 is 28.5 Å². The molecular weight excluding hydrogens is 486 g/mol. The van der Waals surface area contributed by atoms with Gasteiger partial charge in [0.25, 0.3) is 0 Å². The molecule has 0 saturated heterocycles. The first-order valence-corrected chi connectivity index (χ1v) is 12.1. The highest BCUT2D eigenvalue weighted by Crippen LogP contribution is 2.22. The molecule has 0 aromatic heterocycles. The zero-order chi connectivity index (χ0) is 23.2. The average Bonchev–Trinajstić information content (AvgIpc) is 2.74. The molecule has 0 saturated carbocycles. The van der Waals surface area contributed by atoms with Crippen molar-refractivity contribution in [3.63, 3.8) is 0 Å². The van der Waals surface area contributed by atoms with Crippen molar-refractivity contribution in [2.24, 2.45) is 0 Å². The lowest BCUT2D eigenvalue weighted by atomic mass is 10.1. The Morgan fingerprint density at radius 1 is 1.16 bits per heavy atom. The van der Waals surface area contributed by atoms with Crippen molar-refractivity contribution in [2.75, 3.05) is 31.3 Å². The van der Waals surface area contributed by atoms with Crippen LogP contribution in [0.1, 0.15) is 12.5 Å². The van der Waals surface area contributed by atoms with Crippen molar-refractivity contribution in [1.82, 2.24) is 10.2 Å². The summed E-state index contributed by atoms with van der Waals surface area (Å²) in [4.78, 5) is 26.9. The van der Waals surface area contributed by atoms with Gasteiger partial charge < -0.3 is 15.0 Å². The van der Waals surface area contributed by atoms with Crippen LogP contribution < -0.4 is 14.4 Å². The van der Waals surface area contributed by atoms with Gasteiger partial charge in [0.05, 0.1) is 19.1 Å². The molecule has 2 aromatic rings. The van der Waals surface area contributed by atoms with Gasteiger partial charge in [-0.25, -0.2) is 8.42 Å². The summed E-state index contributed by atoms with van der Waals surface area (Å²) >= 11 is 3.40. The molecule has 168 valence electrons. The molecule has 1 N–H and O–H groups in total. The van der Waals surface area contributed by atoms with E-state index in [9.17, 15) is 18.0 Å². The first-order valence-electron chi connectivity index (χ1n) is 9.44. The number of anilines is 1. The molecule has 0 aliphatic carbocycles. The van der Waals surface area contributed by atoms with Gasteiger partial charge in [-0.05, 0) is 48.9 Å². The normalized spacial score (nSPS) is 12.0. The molecule has 0 spiro atoms. The topological polar surface area (TPSA) is 96.0 Å². The monoisotopic (exact) mass is 511 g/mol. The van der Waals surface area contributed by atoms with Crippen molar-refractivity contribution in [3.05, 3.63) is 58.6 Å². The van der Waals surface area contributed by atoms with Crippen molar-refractivity contribution in [3.8, 4) is 5.75 Å². The van der Waals surface area contributed by atoms with Crippen molar-refractivity contribution in [2.45, 2.75) is 19.5 Å². The molecule has 8 nitrogen and oxygen atoms in total. The Labute approximate surface area is 191 Å². The summed E-state index contributed by atoms with van der Waals surface area (Å²) < 4.78 is 31.8. The molecule has 0 heterocycles. The molecule has 0 aliphatic rings. The van der Waals surface area contributed by atoms with Gasteiger partial charge in [-0.3, -0.25) is 13.9 Å². The molecular formula is C21H26BrN3O5S. The predicted octanol–water partition coefficient (Wildman–Crippen LogP) is 2.39. The number of sulfonamides is 1. The minimum atomic E-state index is -3.76. The van der Waals surface area contributed by atoms with E-state index in [-0.39, 0.29) is 12.5 Å². The Morgan fingerprint density at radius 3 is 2.32 bits per heavy atom. The predicted molar refractivity (Wildman–Crippen MR) is 123 cm³/mol. The highest BCUT2D eigenvalue weighted by atomic mass is 79.9. The summed E-state index contributed by atoms with van der Waals surface area (Å²) in [7, 11) is -0.767. The minimum Gasteiger partial charge on any atom is -0.497 e. The smallest absolute Gasteiger partial charge is 0.244 e. The second-order valence-corrected chi connectivity index (χ2v) is 9.73. The number of nitrogens with zero attached hydrogens (tertiary/aromatic N) is 2.